The van der Waals surface area contributed by atoms with Crippen LogP contribution in [0.2, 0.25) is 0 Å². The van der Waals surface area contributed by atoms with E-state index in [1.165, 1.54) is 11.1 Å². The van der Waals surface area contributed by atoms with Crippen LogP contribution in [0.15, 0.2) is 72.9 Å². The van der Waals surface area contributed by atoms with Gasteiger partial charge in [0.15, 0.2) is 0 Å². The van der Waals surface area contributed by atoms with Crippen molar-refractivity contribution < 1.29 is 4.74 Å². The molecule has 0 aliphatic heterocycles. The molecule has 0 aliphatic rings. The first-order valence-electron chi connectivity index (χ1n) is 9.97. The molecule has 30 heavy (non-hydrogen) atoms. The van der Waals surface area contributed by atoms with Crippen molar-refractivity contribution in [2.24, 2.45) is 5.41 Å². The lowest BCUT2D eigenvalue weighted by atomic mass is 9.72. The van der Waals surface area contributed by atoms with E-state index in [1.54, 1.807) is 6.20 Å². The van der Waals surface area contributed by atoms with Gasteiger partial charge in [0.25, 0.3) is 0 Å². The van der Waals surface area contributed by atoms with Gasteiger partial charge >= 0.3 is 0 Å². The van der Waals surface area contributed by atoms with Crippen molar-refractivity contribution in [3.8, 4) is 17.1 Å². The topological polar surface area (TPSA) is 76.6 Å². The van der Waals surface area contributed by atoms with E-state index in [0.717, 1.165) is 17.0 Å². The van der Waals surface area contributed by atoms with Gasteiger partial charge in [0.2, 0.25) is 5.82 Å². The first-order valence-corrected chi connectivity index (χ1v) is 9.97. The number of H-pyrrole nitrogens is 1. The molecule has 2 aromatic carbocycles. The van der Waals surface area contributed by atoms with Gasteiger partial charge in [-0.25, -0.2) is 0 Å². The molecule has 0 spiro atoms. The summed E-state index contributed by atoms with van der Waals surface area (Å²) in [6, 6.07) is 22.6. The Kier molecular flexibility index (Phi) is 5.57. The van der Waals surface area contributed by atoms with Crippen LogP contribution in [0.1, 0.15) is 43.5 Å². The van der Waals surface area contributed by atoms with E-state index in [2.05, 4.69) is 70.6 Å². The molecule has 0 saturated carbocycles. The predicted molar refractivity (Wildman–Crippen MR) is 116 cm³/mol. The van der Waals surface area contributed by atoms with Crippen LogP contribution in [0.3, 0.4) is 0 Å². The molecule has 0 fully saturated rings. The van der Waals surface area contributed by atoms with Gasteiger partial charge in [-0.05, 0) is 46.0 Å². The molecule has 0 aliphatic carbocycles. The van der Waals surface area contributed by atoms with Crippen LogP contribution in [-0.4, -0.2) is 25.6 Å². The van der Waals surface area contributed by atoms with E-state index < -0.39 is 0 Å². The number of aromatic amines is 1. The first kappa shape index (κ1) is 19.8. The Labute approximate surface area is 176 Å². The van der Waals surface area contributed by atoms with Crippen LogP contribution in [0, 0.1) is 5.41 Å². The van der Waals surface area contributed by atoms with Gasteiger partial charge in [-0.2, -0.15) is 5.21 Å². The van der Waals surface area contributed by atoms with Crippen LogP contribution in [0.5, 0.6) is 5.75 Å². The molecule has 4 rings (SSSR count). The summed E-state index contributed by atoms with van der Waals surface area (Å²) < 4.78 is 5.89. The zero-order valence-corrected chi connectivity index (χ0v) is 17.4. The van der Waals surface area contributed by atoms with Crippen molar-refractivity contribution in [1.29, 1.82) is 0 Å². The summed E-state index contributed by atoms with van der Waals surface area (Å²) in [5.74, 6) is 1.68. The number of hydrogen-bond donors (Lipinski definition) is 1. The number of nitrogens with zero attached hydrogens (tertiary/aromatic N) is 4. The third-order valence-corrected chi connectivity index (χ3v) is 5.04. The number of pyridine rings is 1. The van der Waals surface area contributed by atoms with E-state index in [9.17, 15) is 0 Å². The van der Waals surface area contributed by atoms with Gasteiger partial charge in [0.05, 0.1) is 5.69 Å². The molecule has 0 radical (unpaired) electrons. The van der Waals surface area contributed by atoms with E-state index in [1.807, 2.05) is 42.5 Å². The van der Waals surface area contributed by atoms with Crippen LogP contribution in [-0.2, 0) is 6.61 Å². The van der Waals surface area contributed by atoms with Gasteiger partial charge in [-0.15, -0.1) is 10.2 Å². The molecule has 1 atom stereocenters. The molecular weight excluding hydrogens is 374 g/mol. The molecule has 4 aromatic rings. The van der Waals surface area contributed by atoms with Gasteiger partial charge in [0, 0.05) is 17.7 Å². The Bertz CT molecular complexity index is 1050. The third kappa shape index (κ3) is 4.54. The Morgan fingerprint density at radius 1 is 0.900 bits per heavy atom. The number of tetrazole rings is 1. The Morgan fingerprint density at radius 2 is 1.60 bits per heavy atom. The molecule has 2 aromatic heterocycles. The van der Waals surface area contributed by atoms with Crippen LogP contribution in [0.4, 0.5) is 0 Å². The zero-order chi connectivity index (χ0) is 21.0. The highest BCUT2D eigenvalue weighted by Gasteiger charge is 2.28. The fourth-order valence-corrected chi connectivity index (χ4v) is 3.70. The van der Waals surface area contributed by atoms with Crippen LogP contribution in [0.25, 0.3) is 11.4 Å². The smallest absolute Gasteiger partial charge is 0.204 e. The minimum absolute atomic E-state index is 0.0456. The van der Waals surface area contributed by atoms with Crippen molar-refractivity contribution in [3.05, 3.63) is 89.7 Å². The highest BCUT2D eigenvalue weighted by atomic mass is 16.5. The van der Waals surface area contributed by atoms with E-state index in [0.29, 0.717) is 12.4 Å². The largest absolute Gasteiger partial charge is 0.487 e. The maximum Gasteiger partial charge on any atom is 0.204 e. The summed E-state index contributed by atoms with van der Waals surface area (Å²) in [6.07, 6.45) is 1.78. The summed E-state index contributed by atoms with van der Waals surface area (Å²) in [5.41, 5.74) is 4.40. The lowest BCUT2D eigenvalue weighted by Crippen LogP contribution is -2.19. The molecular formula is C24H25N5O. The first-order chi connectivity index (χ1) is 14.5. The quantitative estimate of drug-likeness (QED) is 0.493. The van der Waals surface area contributed by atoms with Gasteiger partial charge in [-0.1, -0.05) is 63.2 Å². The van der Waals surface area contributed by atoms with Crippen molar-refractivity contribution in [1.82, 2.24) is 25.6 Å². The number of ether oxygens (including phenoxy) is 1. The fraction of sp³-hybridized carbons (Fsp3) is 0.250. The van der Waals surface area contributed by atoms with Crippen molar-refractivity contribution in [2.45, 2.75) is 33.3 Å². The Hall–Kier alpha value is -3.54. The minimum atomic E-state index is 0.0456. The molecule has 1 unspecified atom stereocenters. The average molecular weight is 399 g/mol. The molecule has 0 bridgehead atoms. The highest BCUT2D eigenvalue weighted by molar-refractivity contribution is 5.55. The normalized spacial score (nSPS) is 12.5. The number of hydrogen-bond acceptors (Lipinski definition) is 5. The van der Waals surface area contributed by atoms with Gasteiger partial charge < -0.3 is 4.74 Å². The number of nitrogens with one attached hydrogen (secondary N) is 1. The lowest BCUT2D eigenvalue weighted by Gasteiger charge is -2.32. The highest BCUT2D eigenvalue weighted by Crippen LogP contribution is 2.41. The predicted octanol–water partition coefficient (Wildman–Crippen LogP) is 5.02. The number of rotatable bonds is 6. The maximum absolute atomic E-state index is 5.89. The molecule has 2 heterocycles. The fourth-order valence-electron chi connectivity index (χ4n) is 3.70. The van der Waals surface area contributed by atoms with Gasteiger partial charge in [-0.3, -0.25) is 4.98 Å². The second kappa shape index (κ2) is 8.45. The third-order valence-electron chi connectivity index (χ3n) is 5.04. The summed E-state index contributed by atoms with van der Waals surface area (Å²) in [6.45, 7) is 7.24. The van der Waals surface area contributed by atoms with Gasteiger partial charge in [0.1, 0.15) is 12.4 Å². The molecule has 0 saturated heterocycles. The summed E-state index contributed by atoms with van der Waals surface area (Å²) >= 11 is 0. The average Bonchev–Trinajstić information content (AvgIpc) is 3.29. The molecule has 1 N–H and O–H groups in total. The lowest BCUT2D eigenvalue weighted by molar-refractivity contribution is 0.301. The maximum atomic E-state index is 5.89. The standard InChI is InChI=1S/C24H25N5O/c1-24(2,3)22(17-7-9-19(10-8-17)23-26-28-29-27-23)18-11-13-21(14-12-18)30-16-20-6-4-5-15-25-20/h4-15,22H,16H2,1-3H3,(H,26,27,28,29). The molecule has 6 heteroatoms. The van der Waals surface area contributed by atoms with Crippen LogP contribution < -0.4 is 4.74 Å². The SMILES string of the molecule is CC(C)(C)C(c1ccc(OCc2ccccn2)cc1)c1ccc(-c2nn[nH]n2)cc1. The molecule has 0 amide bonds. The second-order valence-electron chi connectivity index (χ2n) is 8.34. The van der Waals surface area contributed by atoms with Crippen molar-refractivity contribution in [2.75, 3.05) is 0 Å². The Morgan fingerprint density at radius 3 is 2.17 bits per heavy atom. The van der Waals surface area contributed by atoms with E-state index in [-0.39, 0.29) is 11.3 Å². The van der Waals surface area contributed by atoms with Crippen molar-refractivity contribution in [3.63, 3.8) is 0 Å². The van der Waals surface area contributed by atoms with E-state index in [4.69, 9.17) is 4.74 Å². The minimum Gasteiger partial charge on any atom is -0.487 e. The zero-order valence-electron chi connectivity index (χ0n) is 17.4. The summed E-state index contributed by atoms with van der Waals surface area (Å²) in [5, 5.41) is 14.2. The monoisotopic (exact) mass is 399 g/mol. The van der Waals surface area contributed by atoms with Crippen molar-refractivity contribution >= 4 is 0 Å². The molecule has 152 valence electrons. The number of aromatic nitrogens is 5. The number of benzene rings is 2. The summed E-state index contributed by atoms with van der Waals surface area (Å²) in [7, 11) is 0. The van der Waals surface area contributed by atoms with Crippen LogP contribution >= 0.6 is 0 Å². The Balaban J connectivity index is 1.54. The second-order valence-corrected chi connectivity index (χ2v) is 8.34. The summed E-state index contributed by atoms with van der Waals surface area (Å²) in [4.78, 5) is 4.30. The molecule has 6 nitrogen and oxygen atoms in total. The van der Waals surface area contributed by atoms with E-state index >= 15 is 0 Å².